The maximum absolute atomic E-state index is 12.7. The molecule has 3 aromatic rings. The van der Waals surface area contributed by atoms with Crippen LogP contribution >= 0.6 is 23.4 Å². The van der Waals surface area contributed by atoms with Crippen LogP contribution < -0.4 is 5.32 Å². The fourth-order valence-corrected chi connectivity index (χ4v) is 4.98. The molecule has 0 aromatic heterocycles. The molecular formula is C25H23ClN2O2S. The third-order valence-corrected chi connectivity index (χ3v) is 6.85. The molecular weight excluding hydrogens is 428 g/mol. The number of aryl methyl sites for hydroxylation is 1. The van der Waals surface area contributed by atoms with Crippen molar-refractivity contribution in [3.8, 4) is 0 Å². The summed E-state index contributed by atoms with van der Waals surface area (Å²) in [7, 11) is 0. The number of thioether (sulfide) groups is 1. The fraction of sp³-hybridized carbons (Fsp3) is 0.200. The Balaban J connectivity index is 1.44. The number of halogens is 1. The van der Waals surface area contributed by atoms with Crippen molar-refractivity contribution in [3.05, 3.63) is 100 Å². The topological polar surface area (TPSA) is 49.4 Å². The van der Waals surface area contributed by atoms with Gasteiger partial charge in [-0.2, -0.15) is 0 Å². The Morgan fingerprint density at radius 1 is 1.10 bits per heavy atom. The first-order chi connectivity index (χ1) is 15.0. The second-order valence-electron chi connectivity index (χ2n) is 7.52. The lowest BCUT2D eigenvalue weighted by Gasteiger charge is -2.24. The van der Waals surface area contributed by atoms with Crippen LogP contribution in [0, 0.1) is 6.92 Å². The van der Waals surface area contributed by atoms with E-state index in [0.29, 0.717) is 28.6 Å². The van der Waals surface area contributed by atoms with Crippen LogP contribution in [0.2, 0.25) is 5.02 Å². The van der Waals surface area contributed by atoms with Gasteiger partial charge < -0.3 is 10.2 Å². The quantitative estimate of drug-likeness (QED) is 0.522. The highest BCUT2D eigenvalue weighted by atomic mass is 35.5. The van der Waals surface area contributed by atoms with E-state index >= 15 is 0 Å². The molecule has 0 spiro atoms. The number of nitrogens with one attached hydrogen (secondary N) is 1. The van der Waals surface area contributed by atoms with E-state index in [1.807, 2.05) is 60.4 Å². The minimum atomic E-state index is -0.187. The van der Waals surface area contributed by atoms with E-state index in [0.717, 1.165) is 17.5 Å². The van der Waals surface area contributed by atoms with Gasteiger partial charge in [0.15, 0.2) is 0 Å². The molecule has 0 saturated carbocycles. The van der Waals surface area contributed by atoms with Crippen LogP contribution in [0.1, 0.15) is 32.4 Å². The van der Waals surface area contributed by atoms with Gasteiger partial charge in [-0.25, -0.2) is 0 Å². The second-order valence-corrected chi connectivity index (χ2v) is 9.03. The third kappa shape index (κ3) is 5.12. The summed E-state index contributed by atoms with van der Waals surface area (Å²) >= 11 is 7.67. The summed E-state index contributed by atoms with van der Waals surface area (Å²) in [6, 6.07) is 23.1. The molecule has 1 aliphatic rings. The van der Waals surface area contributed by atoms with Crippen molar-refractivity contribution in [1.82, 2.24) is 4.90 Å². The number of hydrogen-bond acceptors (Lipinski definition) is 3. The molecule has 1 N–H and O–H groups in total. The Labute approximate surface area is 191 Å². The van der Waals surface area contributed by atoms with Crippen LogP contribution in [0.25, 0.3) is 0 Å². The first kappa shape index (κ1) is 21.5. The highest BCUT2D eigenvalue weighted by Crippen LogP contribution is 2.38. The van der Waals surface area contributed by atoms with Crippen LogP contribution in [-0.4, -0.2) is 29.0 Å². The SMILES string of the molecule is Cc1ccc(Cl)cc1NC(=O)c1ccc([C@H]2SCC(=O)N2CCc2ccccc2)cc1. The van der Waals surface area contributed by atoms with E-state index in [1.54, 1.807) is 23.9 Å². The van der Waals surface area contributed by atoms with Gasteiger partial charge >= 0.3 is 0 Å². The summed E-state index contributed by atoms with van der Waals surface area (Å²) in [5.74, 6) is 0.451. The van der Waals surface area contributed by atoms with Crippen LogP contribution in [0.4, 0.5) is 5.69 Å². The van der Waals surface area contributed by atoms with E-state index < -0.39 is 0 Å². The molecule has 158 valence electrons. The van der Waals surface area contributed by atoms with Gasteiger partial charge in [-0.15, -0.1) is 11.8 Å². The number of anilines is 1. The van der Waals surface area contributed by atoms with Crippen molar-refractivity contribution in [2.24, 2.45) is 0 Å². The van der Waals surface area contributed by atoms with E-state index in [-0.39, 0.29) is 17.2 Å². The zero-order valence-corrected chi connectivity index (χ0v) is 18.7. The molecule has 2 amide bonds. The lowest BCUT2D eigenvalue weighted by Crippen LogP contribution is -2.30. The number of nitrogens with zero attached hydrogens (tertiary/aromatic N) is 1. The Bertz CT molecular complexity index is 1090. The van der Waals surface area contributed by atoms with E-state index in [4.69, 9.17) is 11.6 Å². The average Bonchev–Trinajstić information content (AvgIpc) is 3.16. The average molecular weight is 451 g/mol. The van der Waals surface area contributed by atoms with Crippen molar-refractivity contribution in [2.75, 3.05) is 17.6 Å². The molecule has 0 unspecified atom stereocenters. The Hall–Kier alpha value is -2.76. The Kier molecular flexibility index (Phi) is 6.64. The molecule has 1 fully saturated rings. The molecule has 3 aromatic carbocycles. The Morgan fingerprint density at radius 2 is 1.84 bits per heavy atom. The van der Waals surface area contributed by atoms with Gasteiger partial charge in [0.05, 0.1) is 5.75 Å². The predicted octanol–water partition coefficient (Wildman–Crippen LogP) is 5.72. The largest absolute Gasteiger partial charge is 0.326 e. The van der Waals surface area contributed by atoms with E-state index in [2.05, 4.69) is 17.4 Å². The molecule has 31 heavy (non-hydrogen) atoms. The van der Waals surface area contributed by atoms with E-state index in [9.17, 15) is 9.59 Å². The van der Waals surface area contributed by atoms with E-state index in [1.165, 1.54) is 5.56 Å². The molecule has 1 heterocycles. The van der Waals surface area contributed by atoms with Gasteiger partial charge in [-0.05, 0) is 54.3 Å². The van der Waals surface area contributed by atoms with Gasteiger partial charge in [-0.1, -0.05) is 60.1 Å². The van der Waals surface area contributed by atoms with Crippen molar-refractivity contribution < 1.29 is 9.59 Å². The lowest BCUT2D eigenvalue weighted by atomic mass is 10.1. The van der Waals surface area contributed by atoms with Crippen LogP contribution in [-0.2, 0) is 11.2 Å². The zero-order chi connectivity index (χ0) is 21.8. The first-order valence-electron chi connectivity index (χ1n) is 10.1. The normalized spacial score (nSPS) is 15.9. The number of hydrogen-bond donors (Lipinski definition) is 1. The second kappa shape index (κ2) is 9.58. The van der Waals surface area contributed by atoms with Gasteiger partial charge in [0.1, 0.15) is 5.37 Å². The summed E-state index contributed by atoms with van der Waals surface area (Å²) in [5.41, 5.74) is 4.46. The lowest BCUT2D eigenvalue weighted by molar-refractivity contribution is -0.128. The summed E-state index contributed by atoms with van der Waals surface area (Å²) in [6.07, 6.45) is 0.823. The third-order valence-electron chi connectivity index (χ3n) is 5.36. The number of carbonyl (C=O) groups excluding carboxylic acids is 2. The van der Waals surface area contributed by atoms with Gasteiger partial charge in [-0.3, -0.25) is 9.59 Å². The summed E-state index contributed by atoms with van der Waals surface area (Å²) < 4.78 is 0. The maximum Gasteiger partial charge on any atom is 0.255 e. The Morgan fingerprint density at radius 3 is 2.58 bits per heavy atom. The minimum Gasteiger partial charge on any atom is -0.326 e. The predicted molar refractivity (Wildman–Crippen MR) is 128 cm³/mol. The van der Waals surface area contributed by atoms with Gasteiger partial charge in [0, 0.05) is 22.8 Å². The molecule has 1 saturated heterocycles. The standard InChI is InChI=1S/C25H23ClN2O2S/c1-17-7-12-21(26)15-22(17)27-24(30)19-8-10-20(11-9-19)25-28(23(29)16-31-25)14-13-18-5-3-2-4-6-18/h2-12,15,25H,13-14,16H2,1H3,(H,27,30)/t25-/m1/s1. The molecule has 0 radical (unpaired) electrons. The molecule has 1 aliphatic heterocycles. The molecule has 4 nitrogen and oxygen atoms in total. The number of carbonyl (C=O) groups is 2. The highest BCUT2D eigenvalue weighted by Gasteiger charge is 2.32. The van der Waals surface area contributed by atoms with Crippen molar-refractivity contribution in [2.45, 2.75) is 18.7 Å². The summed E-state index contributed by atoms with van der Waals surface area (Å²) in [6.45, 7) is 2.60. The smallest absolute Gasteiger partial charge is 0.255 e. The maximum atomic E-state index is 12.7. The number of amides is 2. The zero-order valence-electron chi connectivity index (χ0n) is 17.2. The number of benzene rings is 3. The van der Waals surface area contributed by atoms with Gasteiger partial charge in [0.2, 0.25) is 5.91 Å². The molecule has 0 bridgehead atoms. The van der Waals surface area contributed by atoms with Crippen LogP contribution in [0.5, 0.6) is 0 Å². The fourth-order valence-electron chi connectivity index (χ4n) is 3.59. The molecule has 1 atom stereocenters. The summed E-state index contributed by atoms with van der Waals surface area (Å²) in [5, 5.41) is 3.47. The van der Waals surface area contributed by atoms with Crippen molar-refractivity contribution in [3.63, 3.8) is 0 Å². The summed E-state index contributed by atoms with van der Waals surface area (Å²) in [4.78, 5) is 27.0. The van der Waals surface area contributed by atoms with Crippen molar-refractivity contribution in [1.29, 1.82) is 0 Å². The van der Waals surface area contributed by atoms with Gasteiger partial charge in [0.25, 0.3) is 5.91 Å². The molecule has 6 heteroatoms. The molecule has 4 rings (SSSR count). The number of rotatable bonds is 6. The molecule has 0 aliphatic carbocycles. The highest BCUT2D eigenvalue weighted by molar-refractivity contribution is 8.00. The van der Waals surface area contributed by atoms with Crippen LogP contribution in [0.3, 0.4) is 0 Å². The van der Waals surface area contributed by atoms with Crippen molar-refractivity contribution >= 4 is 40.9 Å². The first-order valence-corrected chi connectivity index (χ1v) is 11.6. The minimum absolute atomic E-state index is 0.0245. The monoisotopic (exact) mass is 450 g/mol. The van der Waals surface area contributed by atoms with Crippen LogP contribution in [0.15, 0.2) is 72.8 Å².